The molecule has 1 heterocycles. The van der Waals surface area contributed by atoms with E-state index in [2.05, 4.69) is 15.9 Å². The van der Waals surface area contributed by atoms with E-state index in [1.165, 1.54) is 18.4 Å². The fourth-order valence-electron chi connectivity index (χ4n) is 1.25. The number of furan rings is 1. The highest BCUT2D eigenvalue weighted by Crippen LogP contribution is 2.25. The Bertz CT molecular complexity index is 551. The molecule has 0 saturated heterocycles. The zero-order valence-corrected chi connectivity index (χ0v) is 10.2. The summed E-state index contributed by atoms with van der Waals surface area (Å²) >= 11 is 8.95. The van der Waals surface area contributed by atoms with Gasteiger partial charge in [-0.25, -0.2) is 4.39 Å². The third-order valence-corrected chi connectivity index (χ3v) is 2.94. The van der Waals surface area contributed by atoms with Gasteiger partial charge in [-0.3, -0.25) is 4.79 Å². The Morgan fingerprint density at radius 2 is 2.12 bits per heavy atom. The largest absolute Gasteiger partial charge is 0.460 e. The van der Waals surface area contributed by atoms with Crippen LogP contribution in [0.25, 0.3) is 0 Å². The Balaban J connectivity index is 2.46. The minimum absolute atomic E-state index is 0.0632. The van der Waals surface area contributed by atoms with Crippen molar-refractivity contribution >= 4 is 33.3 Å². The molecule has 2 aromatic rings. The lowest BCUT2D eigenvalue weighted by atomic mass is 10.1. The lowest BCUT2D eigenvalue weighted by Gasteiger charge is -2.01. The van der Waals surface area contributed by atoms with E-state index < -0.39 is 5.82 Å². The van der Waals surface area contributed by atoms with Gasteiger partial charge in [0.05, 0.1) is 15.8 Å². The molecular formula is C11H5BrClFO2. The van der Waals surface area contributed by atoms with Crippen LogP contribution in [-0.4, -0.2) is 5.78 Å². The van der Waals surface area contributed by atoms with Gasteiger partial charge in [0.1, 0.15) is 5.82 Å². The molecule has 0 atom stereocenters. The SMILES string of the molecule is O=C(c1ccc(F)cc1Cl)c1occc1Br. The molecule has 0 aliphatic heterocycles. The van der Waals surface area contributed by atoms with Crippen LogP contribution in [-0.2, 0) is 0 Å². The number of carbonyl (C=O) groups excluding carboxylic acids is 1. The molecular weight excluding hydrogens is 298 g/mol. The van der Waals surface area contributed by atoms with Crippen LogP contribution in [0.15, 0.2) is 39.4 Å². The molecule has 2 rings (SSSR count). The summed E-state index contributed by atoms with van der Waals surface area (Å²) in [5.41, 5.74) is 0.207. The topological polar surface area (TPSA) is 30.2 Å². The minimum Gasteiger partial charge on any atom is -0.460 e. The van der Waals surface area contributed by atoms with Gasteiger partial charge in [0.25, 0.3) is 0 Å². The van der Waals surface area contributed by atoms with Crippen molar-refractivity contribution < 1.29 is 13.6 Å². The van der Waals surface area contributed by atoms with Gasteiger partial charge in [0.2, 0.25) is 5.78 Å². The Hall–Kier alpha value is -1.13. The highest BCUT2D eigenvalue weighted by Gasteiger charge is 2.18. The van der Waals surface area contributed by atoms with E-state index in [0.717, 1.165) is 6.07 Å². The highest BCUT2D eigenvalue weighted by atomic mass is 79.9. The molecule has 0 radical (unpaired) electrons. The maximum atomic E-state index is 12.8. The van der Waals surface area contributed by atoms with E-state index in [0.29, 0.717) is 4.47 Å². The summed E-state index contributed by atoms with van der Waals surface area (Å²) < 4.78 is 18.4. The van der Waals surface area contributed by atoms with Crippen molar-refractivity contribution in [2.24, 2.45) is 0 Å². The van der Waals surface area contributed by atoms with Crippen molar-refractivity contribution in [2.75, 3.05) is 0 Å². The maximum Gasteiger partial charge on any atom is 0.230 e. The molecule has 16 heavy (non-hydrogen) atoms. The normalized spacial score (nSPS) is 10.4. The molecule has 5 heteroatoms. The number of rotatable bonds is 2. The number of ketones is 1. The minimum atomic E-state index is -0.486. The second-order valence-electron chi connectivity index (χ2n) is 3.05. The summed E-state index contributed by atoms with van der Waals surface area (Å²) in [6, 6.07) is 5.20. The van der Waals surface area contributed by atoms with Crippen LogP contribution in [0.1, 0.15) is 16.1 Å². The van der Waals surface area contributed by atoms with E-state index >= 15 is 0 Å². The van der Waals surface area contributed by atoms with Gasteiger partial charge in [-0.15, -0.1) is 0 Å². The van der Waals surface area contributed by atoms with Crippen LogP contribution in [0.4, 0.5) is 4.39 Å². The van der Waals surface area contributed by atoms with Crippen LogP contribution in [0, 0.1) is 5.82 Å². The maximum absolute atomic E-state index is 12.8. The van der Waals surface area contributed by atoms with Crippen molar-refractivity contribution in [1.29, 1.82) is 0 Å². The Morgan fingerprint density at radius 3 is 2.69 bits per heavy atom. The molecule has 0 amide bonds. The van der Waals surface area contributed by atoms with E-state index in [1.807, 2.05) is 0 Å². The van der Waals surface area contributed by atoms with Crippen LogP contribution >= 0.6 is 27.5 Å². The Kier molecular flexibility index (Phi) is 3.12. The van der Waals surface area contributed by atoms with E-state index in [-0.39, 0.29) is 22.1 Å². The summed E-state index contributed by atoms with van der Waals surface area (Å²) in [6.07, 6.45) is 1.38. The molecule has 82 valence electrons. The number of hydrogen-bond donors (Lipinski definition) is 0. The first-order valence-corrected chi connectivity index (χ1v) is 5.49. The predicted octanol–water partition coefficient (Wildman–Crippen LogP) is 4.07. The van der Waals surface area contributed by atoms with Crippen LogP contribution < -0.4 is 0 Å². The number of carbonyl (C=O) groups is 1. The van der Waals surface area contributed by atoms with Gasteiger partial charge in [-0.1, -0.05) is 11.6 Å². The summed E-state index contributed by atoms with van der Waals surface area (Å²) in [7, 11) is 0. The summed E-state index contributed by atoms with van der Waals surface area (Å²) in [5, 5.41) is 0.0632. The molecule has 0 fully saturated rings. The van der Waals surface area contributed by atoms with E-state index in [4.69, 9.17) is 16.0 Å². The lowest BCUT2D eigenvalue weighted by molar-refractivity contribution is 0.101. The van der Waals surface area contributed by atoms with Gasteiger partial charge in [-0.05, 0) is 40.2 Å². The zero-order valence-electron chi connectivity index (χ0n) is 7.84. The second-order valence-corrected chi connectivity index (χ2v) is 4.31. The van der Waals surface area contributed by atoms with Crippen molar-refractivity contribution in [3.63, 3.8) is 0 Å². The van der Waals surface area contributed by atoms with E-state index in [9.17, 15) is 9.18 Å². The Labute approximate surface area is 104 Å². The highest BCUT2D eigenvalue weighted by molar-refractivity contribution is 9.10. The summed E-state index contributed by atoms with van der Waals surface area (Å²) in [5.74, 6) is -0.726. The fraction of sp³-hybridized carbons (Fsp3) is 0. The summed E-state index contributed by atoms with van der Waals surface area (Å²) in [6.45, 7) is 0. The number of halogens is 3. The van der Waals surface area contributed by atoms with E-state index in [1.54, 1.807) is 6.07 Å². The average molecular weight is 304 g/mol. The third-order valence-electron chi connectivity index (χ3n) is 2.00. The second kappa shape index (κ2) is 4.39. The van der Waals surface area contributed by atoms with Crippen molar-refractivity contribution in [1.82, 2.24) is 0 Å². The predicted molar refractivity (Wildman–Crippen MR) is 61.3 cm³/mol. The molecule has 0 aliphatic carbocycles. The standard InChI is InChI=1S/C11H5BrClFO2/c12-8-3-4-16-11(8)10(15)7-2-1-6(14)5-9(7)13/h1-5H. The van der Waals surface area contributed by atoms with Gasteiger partial charge in [-0.2, -0.15) is 0 Å². The molecule has 0 bridgehead atoms. The van der Waals surface area contributed by atoms with Crippen LogP contribution in [0.3, 0.4) is 0 Å². The fourth-order valence-corrected chi connectivity index (χ4v) is 1.89. The first-order valence-electron chi connectivity index (χ1n) is 4.32. The average Bonchev–Trinajstić information content (AvgIpc) is 2.63. The molecule has 2 nitrogen and oxygen atoms in total. The monoisotopic (exact) mass is 302 g/mol. The molecule has 0 aliphatic rings. The van der Waals surface area contributed by atoms with Crippen LogP contribution in [0.2, 0.25) is 5.02 Å². The first-order chi connectivity index (χ1) is 7.59. The smallest absolute Gasteiger partial charge is 0.230 e. The van der Waals surface area contributed by atoms with Gasteiger partial charge in [0.15, 0.2) is 5.76 Å². The van der Waals surface area contributed by atoms with Crippen molar-refractivity contribution in [2.45, 2.75) is 0 Å². The molecule has 1 aromatic carbocycles. The Morgan fingerprint density at radius 1 is 1.38 bits per heavy atom. The van der Waals surface area contributed by atoms with Gasteiger partial charge >= 0.3 is 0 Å². The molecule has 0 N–H and O–H groups in total. The molecule has 0 unspecified atom stereocenters. The van der Waals surface area contributed by atoms with Gasteiger partial charge in [0, 0.05) is 5.56 Å². The van der Waals surface area contributed by atoms with Crippen LogP contribution in [0.5, 0.6) is 0 Å². The first kappa shape index (κ1) is 11.4. The van der Waals surface area contributed by atoms with Gasteiger partial charge < -0.3 is 4.42 Å². The lowest BCUT2D eigenvalue weighted by Crippen LogP contribution is -2.01. The summed E-state index contributed by atoms with van der Waals surface area (Å²) in [4.78, 5) is 11.9. The molecule has 1 aromatic heterocycles. The van der Waals surface area contributed by atoms with Crippen molar-refractivity contribution in [3.05, 3.63) is 57.2 Å². The zero-order chi connectivity index (χ0) is 11.7. The third kappa shape index (κ3) is 2.03. The number of benzene rings is 1. The van der Waals surface area contributed by atoms with Crippen molar-refractivity contribution in [3.8, 4) is 0 Å². The number of hydrogen-bond acceptors (Lipinski definition) is 2. The molecule has 0 spiro atoms. The quantitative estimate of drug-likeness (QED) is 0.783. The molecule has 0 saturated carbocycles.